The summed E-state index contributed by atoms with van der Waals surface area (Å²) >= 11 is 6.02. The van der Waals surface area contributed by atoms with Crippen molar-refractivity contribution in [1.29, 1.82) is 0 Å². The summed E-state index contributed by atoms with van der Waals surface area (Å²) in [6.07, 6.45) is 4.70. The zero-order valence-corrected chi connectivity index (χ0v) is 22.2. The second-order valence-electron chi connectivity index (χ2n) is 10.1. The van der Waals surface area contributed by atoms with Crippen molar-refractivity contribution in [3.63, 3.8) is 0 Å². The van der Waals surface area contributed by atoms with Crippen molar-refractivity contribution < 1.29 is 17.9 Å². The third-order valence-corrected chi connectivity index (χ3v) is 9.98. The Morgan fingerprint density at radius 3 is 2.19 bits per heavy atom. The highest BCUT2D eigenvalue weighted by atomic mass is 35.5. The van der Waals surface area contributed by atoms with E-state index in [0.717, 1.165) is 24.8 Å². The average molecular weight is 543 g/mol. The minimum atomic E-state index is -3.81. The topological polar surface area (TPSA) is 60.9 Å². The fourth-order valence-corrected chi connectivity index (χ4v) is 7.81. The van der Waals surface area contributed by atoms with Gasteiger partial charge in [-0.15, -0.1) is 0 Å². The number of nitrogens with zero attached hydrogens (tertiary/aromatic N) is 2. The van der Waals surface area contributed by atoms with Crippen LogP contribution in [0.2, 0.25) is 5.02 Å². The Morgan fingerprint density at radius 1 is 0.892 bits per heavy atom. The predicted octanol–water partition coefficient (Wildman–Crippen LogP) is 5.97. The molecule has 0 aromatic heterocycles. The molecule has 1 saturated heterocycles. The van der Waals surface area contributed by atoms with Gasteiger partial charge in [-0.3, -0.25) is 9.21 Å². The molecule has 1 heterocycles. The third kappa shape index (κ3) is 5.28. The van der Waals surface area contributed by atoms with Crippen LogP contribution in [0.25, 0.3) is 0 Å². The number of piperidine rings is 1. The monoisotopic (exact) mass is 542 g/mol. The molecule has 0 spiro atoms. The summed E-state index contributed by atoms with van der Waals surface area (Å²) in [5.41, 5.74) is 0.334. The van der Waals surface area contributed by atoms with Crippen LogP contribution in [0.3, 0.4) is 0 Å². The van der Waals surface area contributed by atoms with E-state index in [1.165, 1.54) is 12.1 Å². The summed E-state index contributed by atoms with van der Waals surface area (Å²) in [4.78, 5) is 2.51. The Labute approximate surface area is 223 Å². The number of benzene rings is 3. The van der Waals surface area contributed by atoms with E-state index in [1.807, 2.05) is 30.3 Å². The van der Waals surface area contributed by atoms with E-state index < -0.39 is 15.6 Å². The Bertz CT molecular complexity index is 1300. The van der Waals surface area contributed by atoms with E-state index >= 15 is 0 Å². The summed E-state index contributed by atoms with van der Waals surface area (Å²) in [6.45, 7) is 1.33. The number of anilines is 1. The number of hydrogen-bond donors (Lipinski definition) is 1. The lowest BCUT2D eigenvalue weighted by Gasteiger charge is -2.49. The molecule has 5 nitrogen and oxygen atoms in total. The van der Waals surface area contributed by atoms with Crippen LogP contribution < -0.4 is 4.31 Å². The zero-order valence-electron chi connectivity index (χ0n) is 20.6. The van der Waals surface area contributed by atoms with Crippen LogP contribution >= 0.6 is 11.6 Å². The molecule has 1 aliphatic carbocycles. The summed E-state index contributed by atoms with van der Waals surface area (Å²) in [6, 6.07) is 21.4. The molecule has 0 unspecified atom stereocenters. The first-order chi connectivity index (χ1) is 17.8. The number of hydrogen-bond acceptors (Lipinski definition) is 4. The second kappa shape index (κ2) is 10.7. The molecule has 2 atom stereocenters. The van der Waals surface area contributed by atoms with Crippen LogP contribution in [-0.2, 0) is 15.6 Å². The van der Waals surface area contributed by atoms with Crippen LogP contribution in [0.5, 0.6) is 0 Å². The van der Waals surface area contributed by atoms with Crippen LogP contribution in [-0.4, -0.2) is 43.6 Å². The molecular formula is C29H32ClFN2O3S. The van der Waals surface area contributed by atoms with E-state index in [-0.39, 0.29) is 22.8 Å². The third-order valence-electron chi connectivity index (χ3n) is 7.83. The molecule has 0 bridgehead atoms. The highest BCUT2D eigenvalue weighted by Gasteiger charge is 2.45. The lowest BCUT2D eigenvalue weighted by molar-refractivity contribution is -0.0849. The van der Waals surface area contributed by atoms with Gasteiger partial charge in [0, 0.05) is 30.2 Å². The van der Waals surface area contributed by atoms with Gasteiger partial charge in [0.2, 0.25) is 0 Å². The number of sulfonamides is 1. The quantitative estimate of drug-likeness (QED) is 0.417. The van der Waals surface area contributed by atoms with Gasteiger partial charge >= 0.3 is 0 Å². The highest BCUT2D eigenvalue weighted by molar-refractivity contribution is 7.92. The Hall–Kier alpha value is -2.45. The van der Waals surface area contributed by atoms with Gasteiger partial charge in [0.05, 0.1) is 10.6 Å². The first-order valence-electron chi connectivity index (χ1n) is 12.9. The van der Waals surface area contributed by atoms with Gasteiger partial charge in [0.25, 0.3) is 10.0 Å². The van der Waals surface area contributed by atoms with Crippen molar-refractivity contribution in [3.05, 3.63) is 95.3 Å². The minimum absolute atomic E-state index is 0.0919. The van der Waals surface area contributed by atoms with E-state index in [9.17, 15) is 17.9 Å². The normalized spacial score (nSPS) is 23.6. The first-order valence-corrected chi connectivity index (χ1v) is 14.7. The lowest BCUT2D eigenvalue weighted by Crippen LogP contribution is -2.57. The maximum absolute atomic E-state index is 13.8. The number of halogens is 2. The van der Waals surface area contributed by atoms with Gasteiger partial charge in [0.1, 0.15) is 11.4 Å². The van der Waals surface area contributed by atoms with Gasteiger partial charge in [-0.25, -0.2) is 12.8 Å². The zero-order chi connectivity index (χ0) is 26.0. The fourth-order valence-electron chi connectivity index (χ4n) is 5.97. The highest BCUT2D eigenvalue weighted by Crippen LogP contribution is 2.42. The fraction of sp³-hybridized carbons (Fsp3) is 0.379. The molecule has 3 aromatic carbocycles. The standard InChI is InChI=1S/C29H32ClFN2O3S/c30-23-11-15-27(16-12-23)37(35,36)33(25-6-2-1-3-7-25)26-17-20-32(21-18-26)28-8-4-5-19-29(28,34)22-9-13-24(31)14-10-22/h1-3,6-7,9-16,26,28,34H,4-5,8,17-21H2/t28-,29+/m1/s1. The summed E-state index contributed by atoms with van der Waals surface area (Å²) < 4.78 is 42.8. The maximum Gasteiger partial charge on any atom is 0.264 e. The van der Waals surface area contributed by atoms with Crippen molar-refractivity contribution in [2.75, 3.05) is 17.4 Å². The Kier molecular flexibility index (Phi) is 7.59. The predicted molar refractivity (Wildman–Crippen MR) is 145 cm³/mol. The van der Waals surface area contributed by atoms with Crippen LogP contribution in [0, 0.1) is 5.82 Å². The van der Waals surface area contributed by atoms with E-state index in [4.69, 9.17) is 11.6 Å². The van der Waals surface area contributed by atoms with Crippen molar-refractivity contribution in [2.45, 2.75) is 61.1 Å². The summed E-state index contributed by atoms with van der Waals surface area (Å²) in [5.74, 6) is -0.316. The largest absolute Gasteiger partial charge is 0.384 e. The van der Waals surface area contributed by atoms with Crippen LogP contribution in [0.1, 0.15) is 44.1 Å². The lowest BCUT2D eigenvalue weighted by atomic mass is 9.74. The van der Waals surface area contributed by atoms with Crippen molar-refractivity contribution in [1.82, 2.24) is 4.90 Å². The molecule has 1 saturated carbocycles. The summed E-state index contributed by atoms with van der Waals surface area (Å²) in [5, 5.41) is 12.3. The van der Waals surface area contributed by atoms with Gasteiger partial charge in [-0.05, 0) is 79.8 Å². The van der Waals surface area contributed by atoms with Gasteiger partial charge in [-0.1, -0.05) is 54.8 Å². The van der Waals surface area contributed by atoms with Crippen LogP contribution in [0.15, 0.2) is 83.8 Å². The average Bonchev–Trinajstić information content (AvgIpc) is 2.91. The number of likely N-dealkylation sites (tertiary alicyclic amines) is 1. The summed E-state index contributed by atoms with van der Waals surface area (Å²) in [7, 11) is -3.81. The molecule has 2 aliphatic rings. The molecule has 0 radical (unpaired) electrons. The molecule has 196 valence electrons. The van der Waals surface area contributed by atoms with Gasteiger partial charge in [0.15, 0.2) is 0 Å². The van der Waals surface area contributed by atoms with Crippen molar-refractivity contribution in [3.8, 4) is 0 Å². The van der Waals surface area contributed by atoms with Crippen molar-refractivity contribution in [2.24, 2.45) is 0 Å². The number of para-hydroxylation sites is 1. The van der Waals surface area contributed by atoms with Gasteiger partial charge in [-0.2, -0.15) is 0 Å². The second-order valence-corrected chi connectivity index (χ2v) is 12.3. The Balaban J connectivity index is 1.39. The van der Waals surface area contributed by atoms with Gasteiger partial charge < -0.3 is 5.11 Å². The Morgan fingerprint density at radius 2 is 1.54 bits per heavy atom. The molecule has 3 aromatic rings. The van der Waals surface area contributed by atoms with Crippen molar-refractivity contribution >= 4 is 27.3 Å². The van der Waals surface area contributed by atoms with E-state index in [1.54, 1.807) is 40.7 Å². The molecule has 37 heavy (non-hydrogen) atoms. The molecular weight excluding hydrogens is 511 g/mol. The van der Waals surface area contributed by atoms with E-state index in [2.05, 4.69) is 4.90 Å². The van der Waals surface area contributed by atoms with Crippen LogP contribution in [0.4, 0.5) is 10.1 Å². The molecule has 0 amide bonds. The molecule has 5 rings (SSSR count). The maximum atomic E-state index is 13.8. The van der Waals surface area contributed by atoms with E-state index in [0.29, 0.717) is 43.1 Å². The SMILES string of the molecule is O=S(=O)(c1ccc(Cl)cc1)N(c1ccccc1)C1CCN([C@@H]2CCCC[C@]2(O)c2ccc(F)cc2)CC1. The number of rotatable bonds is 6. The molecule has 8 heteroatoms. The number of aliphatic hydroxyl groups is 1. The molecule has 1 aliphatic heterocycles. The molecule has 2 fully saturated rings. The minimum Gasteiger partial charge on any atom is -0.384 e. The first kappa shape index (κ1) is 26.2. The molecule has 1 N–H and O–H groups in total. The smallest absolute Gasteiger partial charge is 0.264 e.